The first-order chi connectivity index (χ1) is 9.52. The molecule has 2 N–H and O–H groups in total. The van der Waals surface area contributed by atoms with Crippen LogP contribution in [0.3, 0.4) is 0 Å². The zero-order chi connectivity index (χ0) is 14.7. The van der Waals surface area contributed by atoms with E-state index in [0.717, 1.165) is 29.1 Å². The van der Waals surface area contributed by atoms with E-state index in [-0.39, 0.29) is 11.9 Å². The number of aromatic nitrogens is 3. The number of pyridine rings is 1. The normalized spacial score (nSPS) is 12.2. The third kappa shape index (κ3) is 2.87. The maximum absolute atomic E-state index is 12.3. The Kier molecular flexibility index (Phi) is 4.17. The molecule has 0 aromatic carbocycles. The van der Waals surface area contributed by atoms with Crippen LogP contribution < -0.4 is 5.32 Å². The molecule has 0 spiro atoms. The summed E-state index contributed by atoms with van der Waals surface area (Å²) in [5.41, 5.74) is 4.50. The summed E-state index contributed by atoms with van der Waals surface area (Å²) in [6.07, 6.45) is 2.49. The van der Waals surface area contributed by atoms with Crippen LogP contribution in [0.25, 0.3) is 0 Å². The molecule has 2 aromatic rings. The number of amides is 1. The van der Waals surface area contributed by atoms with Crippen molar-refractivity contribution in [3.05, 3.63) is 46.5 Å². The average molecular weight is 272 g/mol. The zero-order valence-electron chi connectivity index (χ0n) is 12.3. The summed E-state index contributed by atoms with van der Waals surface area (Å²) >= 11 is 0. The molecule has 1 amide bonds. The zero-order valence-corrected chi connectivity index (χ0v) is 12.3. The average Bonchev–Trinajstić information content (AvgIpc) is 2.78. The Morgan fingerprint density at radius 2 is 2.20 bits per heavy atom. The molecule has 106 valence electrons. The lowest BCUT2D eigenvalue weighted by Crippen LogP contribution is -2.27. The molecule has 0 aliphatic carbocycles. The van der Waals surface area contributed by atoms with E-state index in [1.54, 1.807) is 12.3 Å². The van der Waals surface area contributed by atoms with Crippen molar-refractivity contribution in [1.82, 2.24) is 20.5 Å². The maximum atomic E-state index is 12.3. The van der Waals surface area contributed by atoms with Gasteiger partial charge in [0.05, 0.1) is 11.7 Å². The molecule has 0 bridgehead atoms. The van der Waals surface area contributed by atoms with Gasteiger partial charge >= 0.3 is 0 Å². The molecule has 0 fully saturated rings. The maximum Gasteiger partial charge on any atom is 0.251 e. The van der Waals surface area contributed by atoms with E-state index in [4.69, 9.17) is 0 Å². The summed E-state index contributed by atoms with van der Waals surface area (Å²) < 4.78 is 0. The third-order valence-electron chi connectivity index (χ3n) is 3.41. The van der Waals surface area contributed by atoms with E-state index in [1.807, 2.05) is 33.8 Å². The molecule has 5 heteroatoms. The van der Waals surface area contributed by atoms with Crippen molar-refractivity contribution >= 4 is 5.91 Å². The minimum absolute atomic E-state index is 0.0838. The standard InChI is InChI=1S/C15H20N4O/c1-5-13-8-12(6-7-16-13)15(20)17-9(2)14-10(3)18-19-11(14)4/h6-9H,5H2,1-4H3,(H,17,20)(H,18,19)/t9-/m0/s1. The Morgan fingerprint density at radius 3 is 2.80 bits per heavy atom. The molecule has 2 aromatic heterocycles. The summed E-state index contributed by atoms with van der Waals surface area (Å²) in [4.78, 5) is 16.5. The van der Waals surface area contributed by atoms with Crippen molar-refractivity contribution < 1.29 is 4.79 Å². The number of hydrogen-bond acceptors (Lipinski definition) is 3. The highest BCUT2D eigenvalue weighted by Gasteiger charge is 2.17. The van der Waals surface area contributed by atoms with Crippen LogP contribution in [0.4, 0.5) is 0 Å². The molecule has 2 heterocycles. The fourth-order valence-electron chi connectivity index (χ4n) is 2.36. The van der Waals surface area contributed by atoms with Crippen molar-refractivity contribution in [2.45, 2.75) is 40.2 Å². The van der Waals surface area contributed by atoms with Crippen molar-refractivity contribution in [2.24, 2.45) is 0 Å². The van der Waals surface area contributed by atoms with E-state index in [0.29, 0.717) is 5.56 Å². The van der Waals surface area contributed by atoms with Crippen molar-refractivity contribution in [2.75, 3.05) is 0 Å². The molecule has 0 saturated carbocycles. The van der Waals surface area contributed by atoms with E-state index >= 15 is 0 Å². The summed E-state index contributed by atoms with van der Waals surface area (Å²) in [6, 6.07) is 3.48. The quantitative estimate of drug-likeness (QED) is 0.898. The van der Waals surface area contributed by atoms with Crippen LogP contribution in [-0.2, 0) is 6.42 Å². The molecule has 0 aliphatic rings. The van der Waals surface area contributed by atoms with E-state index in [2.05, 4.69) is 20.5 Å². The Bertz CT molecular complexity index is 599. The lowest BCUT2D eigenvalue weighted by atomic mass is 10.1. The van der Waals surface area contributed by atoms with Gasteiger partial charge in [-0.25, -0.2) is 0 Å². The van der Waals surface area contributed by atoms with Crippen LogP contribution in [-0.4, -0.2) is 21.1 Å². The number of carbonyl (C=O) groups is 1. The Morgan fingerprint density at radius 1 is 1.45 bits per heavy atom. The topological polar surface area (TPSA) is 70.7 Å². The van der Waals surface area contributed by atoms with Gasteiger partial charge < -0.3 is 5.32 Å². The SMILES string of the molecule is CCc1cc(C(=O)N[C@@H](C)c2c(C)n[nH]c2C)ccn1. The highest BCUT2D eigenvalue weighted by Crippen LogP contribution is 2.19. The van der Waals surface area contributed by atoms with Crippen LogP contribution >= 0.6 is 0 Å². The molecule has 1 atom stereocenters. The first-order valence-electron chi connectivity index (χ1n) is 6.80. The van der Waals surface area contributed by atoms with E-state index < -0.39 is 0 Å². The summed E-state index contributed by atoms with van der Waals surface area (Å²) in [7, 11) is 0. The predicted molar refractivity (Wildman–Crippen MR) is 77.6 cm³/mol. The summed E-state index contributed by atoms with van der Waals surface area (Å²) in [5.74, 6) is -0.0883. The minimum atomic E-state index is -0.0883. The van der Waals surface area contributed by atoms with Gasteiger partial charge in [-0.05, 0) is 39.3 Å². The van der Waals surface area contributed by atoms with Gasteiger partial charge in [-0.3, -0.25) is 14.9 Å². The second-order valence-electron chi connectivity index (χ2n) is 4.93. The molecular weight excluding hydrogens is 252 g/mol. The fraction of sp³-hybridized carbons (Fsp3) is 0.400. The van der Waals surface area contributed by atoms with Gasteiger partial charge in [-0.15, -0.1) is 0 Å². The van der Waals surface area contributed by atoms with E-state index in [1.165, 1.54) is 0 Å². The number of aryl methyl sites for hydroxylation is 3. The Balaban J connectivity index is 2.15. The highest BCUT2D eigenvalue weighted by atomic mass is 16.1. The molecule has 0 unspecified atom stereocenters. The van der Waals surface area contributed by atoms with Crippen molar-refractivity contribution in [1.29, 1.82) is 0 Å². The molecule has 0 radical (unpaired) electrons. The monoisotopic (exact) mass is 272 g/mol. The number of hydrogen-bond donors (Lipinski definition) is 2. The summed E-state index contributed by atoms with van der Waals surface area (Å²) in [6.45, 7) is 7.87. The predicted octanol–water partition coefficient (Wildman–Crippen LogP) is 2.47. The Labute approximate surface area is 118 Å². The molecule has 0 saturated heterocycles. The molecule has 0 aliphatic heterocycles. The molecule has 20 heavy (non-hydrogen) atoms. The fourth-order valence-corrected chi connectivity index (χ4v) is 2.36. The third-order valence-corrected chi connectivity index (χ3v) is 3.41. The first-order valence-corrected chi connectivity index (χ1v) is 6.80. The lowest BCUT2D eigenvalue weighted by Gasteiger charge is -2.14. The smallest absolute Gasteiger partial charge is 0.251 e. The lowest BCUT2D eigenvalue weighted by molar-refractivity contribution is 0.0939. The van der Waals surface area contributed by atoms with Crippen molar-refractivity contribution in [3.63, 3.8) is 0 Å². The van der Waals surface area contributed by atoms with Crippen LogP contribution in [0.1, 0.15) is 52.9 Å². The van der Waals surface area contributed by atoms with Gasteiger partial charge in [0.25, 0.3) is 5.91 Å². The molecule has 2 rings (SSSR count). The number of rotatable bonds is 4. The molecule has 5 nitrogen and oxygen atoms in total. The van der Waals surface area contributed by atoms with E-state index in [9.17, 15) is 4.79 Å². The van der Waals surface area contributed by atoms with Gasteiger partial charge in [0.15, 0.2) is 0 Å². The minimum Gasteiger partial charge on any atom is -0.345 e. The van der Waals surface area contributed by atoms with Gasteiger partial charge in [0.1, 0.15) is 0 Å². The van der Waals surface area contributed by atoms with Gasteiger partial charge in [-0.1, -0.05) is 6.92 Å². The number of nitrogens with one attached hydrogen (secondary N) is 2. The van der Waals surface area contributed by atoms with Crippen molar-refractivity contribution in [3.8, 4) is 0 Å². The van der Waals surface area contributed by atoms with Gasteiger partial charge in [0.2, 0.25) is 0 Å². The van der Waals surface area contributed by atoms with Gasteiger partial charge in [0, 0.05) is 28.7 Å². The number of H-pyrrole nitrogens is 1. The second-order valence-corrected chi connectivity index (χ2v) is 4.93. The first kappa shape index (κ1) is 14.2. The highest BCUT2D eigenvalue weighted by molar-refractivity contribution is 5.94. The largest absolute Gasteiger partial charge is 0.345 e. The number of nitrogens with zero attached hydrogens (tertiary/aromatic N) is 2. The van der Waals surface area contributed by atoms with Crippen LogP contribution in [0.5, 0.6) is 0 Å². The Hall–Kier alpha value is -2.17. The summed E-state index contributed by atoms with van der Waals surface area (Å²) in [5, 5.41) is 10.1. The molecular formula is C15H20N4O. The number of carbonyl (C=O) groups excluding carboxylic acids is 1. The second kappa shape index (κ2) is 5.86. The number of aromatic amines is 1. The van der Waals surface area contributed by atoms with Crippen LogP contribution in [0.15, 0.2) is 18.3 Å². The van der Waals surface area contributed by atoms with Gasteiger partial charge in [-0.2, -0.15) is 5.10 Å². The van der Waals surface area contributed by atoms with Crippen LogP contribution in [0, 0.1) is 13.8 Å². The van der Waals surface area contributed by atoms with Crippen LogP contribution in [0.2, 0.25) is 0 Å².